The maximum atomic E-state index is 14.1. The summed E-state index contributed by atoms with van der Waals surface area (Å²) >= 11 is 1.05. The summed E-state index contributed by atoms with van der Waals surface area (Å²) in [6.07, 6.45) is 1.84. The lowest BCUT2D eigenvalue weighted by Crippen LogP contribution is -2.24. The van der Waals surface area contributed by atoms with Gasteiger partial charge in [0.2, 0.25) is 5.16 Å². The first-order chi connectivity index (χ1) is 9.34. The van der Waals surface area contributed by atoms with Gasteiger partial charge in [-0.1, -0.05) is 27.7 Å². The van der Waals surface area contributed by atoms with E-state index in [1.165, 1.54) is 11.0 Å². The Morgan fingerprint density at radius 3 is 2.55 bits per heavy atom. The van der Waals surface area contributed by atoms with Gasteiger partial charge in [0.25, 0.3) is 0 Å². The average Bonchev–Trinajstić information content (AvgIpc) is 2.73. The molecule has 8 heteroatoms. The van der Waals surface area contributed by atoms with Crippen molar-refractivity contribution in [2.45, 2.75) is 49.7 Å². The van der Waals surface area contributed by atoms with Gasteiger partial charge in [-0.05, 0) is 18.2 Å². The zero-order valence-corrected chi connectivity index (χ0v) is 12.7. The van der Waals surface area contributed by atoms with Gasteiger partial charge in [-0.2, -0.15) is 0 Å². The molecule has 0 unspecified atom stereocenters. The van der Waals surface area contributed by atoms with E-state index in [2.05, 4.69) is 20.2 Å². The van der Waals surface area contributed by atoms with Crippen molar-refractivity contribution in [3.8, 4) is 0 Å². The molecule has 0 saturated carbocycles. The highest BCUT2D eigenvalue weighted by atomic mass is 32.2. The summed E-state index contributed by atoms with van der Waals surface area (Å²) in [6, 6.07) is 0. The Balaban J connectivity index is 2.34. The molecule has 0 fully saturated rings. The number of nitrogen functional groups attached to an aromatic ring is 1. The number of nitrogens with zero attached hydrogens (tertiary/aromatic N) is 5. The fourth-order valence-corrected chi connectivity index (χ4v) is 2.40. The lowest BCUT2D eigenvalue weighted by atomic mass is 9.96. The minimum absolute atomic E-state index is 0.205. The molecule has 0 spiro atoms. The predicted octanol–water partition coefficient (Wildman–Crippen LogP) is 1.93. The number of aryl methyl sites for hydroxylation is 1. The minimum Gasteiger partial charge on any atom is -0.336 e. The molecule has 0 aromatic carbocycles. The first kappa shape index (κ1) is 14.7. The zero-order chi connectivity index (χ0) is 14.9. The van der Waals surface area contributed by atoms with Gasteiger partial charge >= 0.3 is 0 Å². The molecule has 0 bridgehead atoms. The van der Waals surface area contributed by atoms with Crippen LogP contribution in [0.3, 0.4) is 0 Å². The lowest BCUT2D eigenvalue weighted by Gasteiger charge is -2.16. The van der Waals surface area contributed by atoms with Gasteiger partial charge in [-0.3, -0.25) is 0 Å². The molecule has 2 heterocycles. The molecule has 0 radical (unpaired) electrons. The van der Waals surface area contributed by atoms with Crippen LogP contribution in [0.25, 0.3) is 0 Å². The molecule has 6 nitrogen and oxygen atoms in total. The van der Waals surface area contributed by atoms with E-state index in [4.69, 9.17) is 5.84 Å². The van der Waals surface area contributed by atoms with Crippen molar-refractivity contribution in [3.05, 3.63) is 23.7 Å². The van der Waals surface area contributed by atoms with Crippen molar-refractivity contribution < 1.29 is 4.39 Å². The molecule has 2 aromatic rings. The van der Waals surface area contributed by atoms with Crippen molar-refractivity contribution in [2.75, 3.05) is 5.84 Å². The van der Waals surface area contributed by atoms with Crippen molar-refractivity contribution in [1.82, 2.24) is 24.8 Å². The molecule has 0 atom stereocenters. The average molecular weight is 296 g/mol. The number of aromatic nitrogens is 5. The van der Waals surface area contributed by atoms with Gasteiger partial charge in [0.15, 0.2) is 11.6 Å². The van der Waals surface area contributed by atoms with Crippen molar-refractivity contribution in [2.24, 2.45) is 0 Å². The summed E-state index contributed by atoms with van der Waals surface area (Å²) in [5.74, 6) is 6.16. The summed E-state index contributed by atoms with van der Waals surface area (Å²) in [4.78, 5) is 7.83. The van der Waals surface area contributed by atoms with Crippen LogP contribution in [0, 0.1) is 5.82 Å². The SMILES string of the molecule is CCc1ncnc(Sc2nnc(C(C)(C)C)n2N)c1F. The molecule has 108 valence electrons. The number of hydrogen-bond donors (Lipinski definition) is 1. The van der Waals surface area contributed by atoms with Gasteiger partial charge in [-0.25, -0.2) is 19.0 Å². The minimum atomic E-state index is -0.430. The van der Waals surface area contributed by atoms with Crippen molar-refractivity contribution in [3.63, 3.8) is 0 Å². The molecule has 0 aliphatic heterocycles. The Morgan fingerprint density at radius 2 is 2.00 bits per heavy atom. The number of nitrogens with two attached hydrogens (primary N) is 1. The maximum Gasteiger partial charge on any atom is 0.216 e. The number of rotatable bonds is 3. The normalized spacial score (nSPS) is 11.8. The second-order valence-electron chi connectivity index (χ2n) is 5.32. The van der Waals surface area contributed by atoms with E-state index in [9.17, 15) is 4.39 Å². The molecule has 20 heavy (non-hydrogen) atoms. The third kappa shape index (κ3) is 2.74. The van der Waals surface area contributed by atoms with Crippen LogP contribution in [0.4, 0.5) is 4.39 Å². The fourth-order valence-electron chi connectivity index (χ4n) is 1.65. The predicted molar refractivity (Wildman–Crippen MR) is 74.4 cm³/mol. The molecule has 0 aliphatic carbocycles. The van der Waals surface area contributed by atoms with E-state index < -0.39 is 5.82 Å². The van der Waals surface area contributed by atoms with Crippen LogP contribution in [-0.4, -0.2) is 24.8 Å². The summed E-state index contributed by atoms with van der Waals surface area (Å²) in [5.41, 5.74) is 0.140. The van der Waals surface area contributed by atoms with Crippen LogP contribution in [0.5, 0.6) is 0 Å². The maximum absolute atomic E-state index is 14.1. The van der Waals surface area contributed by atoms with E-state index in [1.807, 2.05) is 27.7 Å². The number of halogens is 1. The van der Waals surface area contributed by atoms with Crippen LogP contribution < -0.4 is 5.84 Å². The number of hydrogen-bond acceptors (Lipinski definition) is 6. The quantitative estimate of drug-likeness (QED) is 0.688. The second kappa shape index (κ2) is 5.35. The third-order valence-electron chi connectivity index (χ3n) is 2.69. The van der Waals surface area contributed by atoms with Crippen molar-refractivity contribution >= 4 is 11.8 Å². The molecule has 0 aliphatic rings. The van der Waals surface area contributed by atoms with Gasteiger partial charge in [0.05, 0.1) is 5.69 Å². The Hall–Kier alpha value is -1.70. The molecule has 2 aromatic heterocycles. The van der Waals surface area contributed by atoms with E-state index in [0.29, 0.717) is 23.1 Å². The van der Waals surface area contributed by atoms with Gasteiger partial charge in [0, 0.05) is 5.41 Å². The van der Waals surface area contributed by atoms with Crippen LogP contribution in [0.2, 0.25) is 0 Å². The summed E-state index contributed by atoms with van der Waals surface area (Å²) in [6.45, 7) is 7.78. The molecule has 2 N–H and O–H groups in total. The highest BCUT2D eigenvalue weighted by Crippen LogP contribution is 2.29. The van der Waals surface area contributed by atoms with Crippen LogP contribution in [-0.2, 0) is 11.8 Å². The molecule has 0 amide bonds. The summed E-state index contributed by atoms with van der Waals surface area (Å²) < 4.78 is 15.5. The lowest BCUT2D eigenvalue weighted by molar-refractivity contribution is 0.522. The fraction of sp³-hybridized carbons (Fsp3) is 0.500. The van der Waals surface area contributed by atoms with E-state index in [-0.39, 0.29) is 10.4 Å². The highest BCUT2D eigenvalue weighted by molar-refractivity contribution is 7.99. The van der Waals surface area contributed by atoms with E-state index >= 15 is 0 Å². The second-order valence-corrected chi connectivity index (χ2v) is 6.28. The topological polar surface area (TPSA) is 82.5 Å². The summed E-state index contributed by atoms with van der Waals surface area (Å²) in [5, 5.41) is 8.66. The highest BCUT2D eigenvalue weighted by Gasteiger charge is 2.24. The Kier molecular flexibility index (Phi) is 3.94. The first-order valence-electron chi connectivity index (χ1n) is 6.22. The molecule has 0 saturated heterocycles. The summed E-state index contributed by atoms with van der Waals surface area (Å²) in [7, 11) is 0. The monoisotopic (exact) mass is 296 g/mol. The van der Waals surface area contributed by atoms with Gasteiger partial charge in [-0.15, -0.1) is 10.2 Å². The van der Waals surface area contributed by atoms with Gasteiger partial charge < -0.3 is 5.84 Å². The standard InChI is InChI=1S/C12H17FN6S/c1-5-7-8(13)9(16-6-15-7)20-11-18-17-10(19(11)14)12(2,3)4/h6H,5,14H2,1-4H3. The molecule has 2 rings (SSSR count). The van der Waals surface area contributed by atoms with Crippen LogP contribution >= 0.6 is 11.8 Å². The molecular weight excluding hydrogens is 279 g/mol. The molecular formula is C12H17FN6S. The van der Waals surface area contributed by atoms with Crippen LogP contribution in [0.1, 0.15) is 39.2 Å². The zero-order valence-electron chi connectivity index (χ0n) is 11.9. The Morgan fingerprint density at radius 1 is 1.30 bits per heavy atom. The first-order valence-corrected chi connectivity index (χ1v) is 7.04. The van der Waals surface area contributed by atoms with Crippen LogP contribution in [0.15, 0.2) is 16.5 Å². The Bertz CT molecular complexity index is 619. The largest absolute Gasteiger partial charge is 0.336 e. The van der Waals surface area contributed by atoms with E-state index in [0.717, 1.165) is 11.8 Å². The Labute approximate surface area is 121 Å². The van der Waals surface area contributed by atoms with Crippen molar-refractivity contribution in [1.29, 1.82) is 0 Å². The van der Waals surface area contributed by atoms with E-state index in [1.54, 1.807) is 0 Å². The van der Waals surface area contributed by atoms with Gasteiger partial charge in [0.1, 0.15) is 11.4 Å². The third-order valence-corrected chi connectivity index (χ3v) is 3.63. The smallest absolute Gasteiger partial charge is 0.216 e.